The third kappa shape index (κ3) is 4.99. The smallest absolute Gasteiger partial charge is 0.125 e. The first-order chi connectivity index (χ1) is 10.2. The van der Waals surface area contributed by atoms with Gasteiger partial charge < -0.3 is 19.5 Å². The number of aryl methyl sites for hydroxylation is 2. The predicted molar refractivity (Wildman–Crippen MR) is 84.0 cm³/mol. The molecule has 1 aromatic carbocycles. The van der Waals surface area contributed by atoms with Crippen LogP contribution in [0.4, 0.5) is 0 Å². The molecule has 4 nitrogen and oxygen atoms in total. The Morgan fingerprint density at radius 1 is 1.29 bits per heavy atom. The van der Waals surface area contributed by atoms with Crippen LogP contribution in [0.3, 0.4) is 0 Å². The van der Waals surface area contributed by atoms with E-state index in [2.05, 4.69) is 31.3 Å². The van der Waals surface area contributed by atoms with Crippen LogP contribution in [0.5, 0.6) is 5.75 Å². The number of hydrogen-bond acceptors (Lipinski definition) is 4. The number of methoxy groups -OCH3 is 1. The number of ether oxygens (including phenoxy) is 3. The minimum atomic E-state index is 0.263. The lowest BCUT2D eigenvalue weighted by Gasteiger charge is -2.17. The molecule has 0 amide bonds. The quantitative estimate of drug-likeness (QED) is 0.748. The van der Waals surface area contributed by atoms with Crippen molar-refractivity contribution in [3.63, 3.8) is 0 Å². The van der Waals surface area contributed by atoms with E-state index in [9.17, 15) is 0 Å². The number of benzene rings is 1. The zero-order valence-corrected chi connectivity index (χ0v) is 13.4. The molecular weight excluding hydrogens is 266 g/mol. The predicted octanol–water partition coefficient (Wildman–Crippen LogP) is 2.60. The van der Waals surface area contributed by atoms with E-state index in [0.717, 1.165) is 44.9 Å². The Morgan fingerprint density at radius 3 is 2.67 bits per heavy atom. The van der Waals surface area contributed by atoms with Gasteiger partial charge in [0.2, 0.25) is 0 Å². The first-order valence-electron chi connectivity index (χ1n) is 7.75. The van der Waals surface area contributed by atoms with Gasteiger partial charge in [0.1, 0.15) is 12.4 Å². The first-order valence-corrected chi connectivity index (χ1v) is 7.75. The average molecular weight is 293 g/mol. The molecule has 0 radical (unpaired) electrons. The van der Waals surface area contributed by atoms with Crippen LogP contribution in [0.15, 0.2) is 12.1 Å². The molecule has 0 aromatic heterocycles. The van der Waals surface area contributed by atoms with Gasteiger partial charge in [-0.05, 0) is 43.4 Å². The first kappa shape index (κ1) is 16.3. The van der Waals surface area contributed by atoms with Crippen LogP contribution in [-0.4, -0.2) is 39.6 Å². The summed E-state index contributed by atoms with van der Waals surface area (Å²) in [6.07, 6.45) is 2.52. The van der Waals surface area contributed by atoms with Gasteiger partial charge in [-0.1, -0.05) is 12.1 Å². The van der Waals surface area contributed by atoms with Crippen molar-refractivity contribution in [3.8, 4) is 5.75 Å². The molecule has 1 aromatic rings. The lowest BCUT2D eigenvalue weighted by molar-refractivity contribution is 0.0675. The molecule has 0 bridgehead atoms. The summed E-state index contributed by atoms with van der Waals surface area (Å²) in [6.45, 7) is 8.21. The molecule has 0 saturated carbocycles. The maximum Gasteiger partial charge on any atom is 0.125 e. The van der Waals surface area contributed by atoms with Crippen LogP contribution >= 0.6 is 0 Å². The second kappa shape index (κ2) is 8.37. The molecule has 1 heterocycles. The van der Waals surface area contributed by atoms with Gasteiger partial charge in [0.15, 0.2) is 0 Å². The Labute approximate surface area is 127 Å². The molecule has 118 valence electrons. The van der Waals surface area contributed by atoms with Crippen molar-refractivity contribution in [2.75, 3.05) is 33.5 Å². The minimum absolute atomic E-state index is 0.263. The van der Waals surface area contributed by atoms with E-state index in [1.165, 1.54) is 16.7 Å². The van der Waals surface area contributed by atoms with Crippen molar-refractivity contribution in [3.05, 3.63) is 28.8 Å². The average Bonchev–Trinajstić information content (AvgIpc) is 2.96. The zero-order valence-electron chi connectivity index (χ0n) is 13.4. The summed E-state index contributed by atoms with van der Waals surface area (Å²) < 4.78 is 16.6. The molecule has 21 heavy (non-hydrogen) atoms. The molecule has 1 aliphatic rings. The van der Waals surface area contributed by atoms with E-state index in [-0.39, 0.29) is 6.10 Å². The van der Waals surface area contributed by atoms with Gasteiger partial charge in [0.25, 0.3) is 0 Å². The second-order valence-electron chi connectivity index (χ2n) is 5.67. The second-order valence-corrected chi connectivity index (χ2v) is 5.67. The fourth-order valence-corrected chi connectivity index (χ4v) is 2.73. The van der Waals surface area contributed by atoms with Gasteiger partial charge in [0.05, 0.1) is 12.7 Å². The number of hydrogen-bond donors (Lipinski definition) is 1. The third-order valence-corrected chi connectivity index (χ3v) is 3.77. The highest BCUT2D eigenvalue weighted by Gasteiger charge is 2.17. The maximum absolute atomic E-state index is 5.98. The zero-order chi connectivity index (χ0) is 15.1. The summed E-state index contributed by atoms with van der Waals surface area (Å²) in [7, 11) is 1.72. The van der Waals surface area contributed by atoms with Crippen LogP contribution in [0.1, 0.15) is 29.5 Å². The van der Waals surface area contributed by atoms with Gasteiger partial charge in [-0.25, -0.2) is 0 Å². The van der Waals surface area contributed by atoms with Gasteiger partial charge in [0, 0.05) is 26.8 Å². The Morgan fingerprint density at radius 2 is 2.05 bits per heavy atom. The van der Waals surface area contributed by atoms with E-state index < -0.39 is 0 Å². The Hall–Kier alpha value is -1.10. The Bertz CT molecular complexity index is 419. The summed E-state index contributed by atoms with van der Waals surface area (Å²) in [5.74, 6) is 1.01. The number of rotatable bonds is 8. The van der Waals surface area contributed by atoms with E-state index in [4.69, 9.17) is 14.2 Å². The van der Waals surface area contributed by atoms with Gasteiger partial charge >= 0.3 is 0 Å². The SMILES string of the molecule is COCCNCc1cc(C)c(OCC2CCCO2)c(C)c1. The topological polar surface area (TPSA) is 39.7 Å². The van der Waals surface area contributed by atoms with Crippen LogP contribution in [0.2, 0.25) is 0 Å². The van der Waals surface area contributed by atoms with E-state index >= 15 is 0 Å². The van der Waals surface area contributed by atoms with Crippen LogP contribution in [0.25, 0.3) is 0 Å². The maximum atomic E-state index is 5.98. The summed E-state index contributed by atoms with van der Waals surface area (Å²) >= 11 is 0. The lowest BCUT2D eigenvalue weighted by Crippen LogP contribution is -2.19. The van der Waals surface area contributed by atoms with Gasteiger partial charge in [-0.15, -0.1) is 0 Å². The van der Waals surface area contributed by atoms with Crippen LogP contribution in [0, 0.1) is 13.8 Å². The van der Waals surface area contributed by atoms with Crippen molar-refractivity contribution in [2.24, 2.45) is 0 Å². The fraction of sp³-hybridized carbons (Fsp3) is 0.647. The summed E-state index contributed by atoms with van der Waals surface area (Å²) in [6, 6.07) is 4.38. The highest BCUT2D eigenvalue weighted by atomic mass is 16.5. The summed E-state index contributed by atoms with van der Waals surface area (Å²) in [5, 5.41) is 3.37. The van der Waals surface area contributed by atoms with E-state index in [1.807, 2.05) is 0 Å². The third-order valence-electron chi connectivity index (χ3n) is 3.77. The molecule has 2 rings (SSSR count). The fourth-order valence-electron chi connectivity index (χ4n) is 2.73. The normalized spacial score (nSPS) is 18.1. The molecule has 0 aliphatic carbocycles. The van der Waals surface area contributed by atoms with Crippen molar-refractivity contribution in [1.82, 2.24) is 5.32 Å². The monoisotopic (exact) mass is 293 g/mol. The summed E-state index contributed by atoms with van der Waals surface area (Å²) in [4.78, 5) is 0. The van der Waals surface area contributed by atoms with Crippen molar-refractivity contribution in [2.45, 2.75) is 39.3 Å². The molecule has 1 aliphatic heterocycles. The van der Waals surface area contributed by atoms with Crippen molar-refractivity contribution in [1.29, 1.82) is 0 Å². The molecule has 1 saturated heterocycles. The molecule has 1 unspecified atom stereocenters. The van der Waals surface area contributed by atoms with E-state index in [1.54, 1.807) is 7.11 Å². The van der Waals surface area contributed by atoms with E-state index in [0.29, 0.717) is 6.61 Å². The molecule has 4 heteroatoms. The molecular formula is C17H27NO3. The van der Waals surface area contributed by atoms with Crippen LogP contribution in [-0.2, 0) is 16.0 Å². The molecule has 1 fully saturated rings. The number of nitrogens with one attached hydrogen (secondary N) is 1. The van der Waals surface area contributed by atoms with Gasteiger partial charge in [-0.3, -0.25) is 0 Å². The van der Waals surface area contributed by atoms with Crippen molar-refractivity contribution < 1.29 is 14.2 Å². The van der Waals surface area contributed by atoms with Crippen molar-refractivity contribution >= 4 is 0 Å². The summed E-state index contributed by atoms with van der Waals surface area (Å²) in [5.41, 5.74) is 3.67. The minimum Gasteiger partial charge on any atom is -0.490 e. The largest absolute Gasteiger partial charge is 0.490 e. The molecule has 0 spiro atoms. The lowest BCUT2D eigenvalue weighted by atomic mass is 10.1. The molecule has 1 N–H and O–H groups in total. The standard InChI is InChI=1S/C17H27NO3/c1-13-9-15(11-18-6-8-19-3)10-14(2)17(13)21-12-16-5-4-7-20-16/h9-10,16,18H,4-8,11-12H2,1-3H3. The molecule has 1 atom stereocenters. The Balaban J connectivity index is 1.89. The van der Waals surface area contributed by atoms with Crippen LogP contribution < -0.4 is 10.1 Å². The van der Waals surface area contributed by atoms with Gasteiger partial charge in [-0.2, -0.15) is 0 Å². The highest BCUT2D eigenvalue weighted by molar-refractivity contribution is 5.43. The highest BCUT2D eigenvalue weighted by Crippen LogP contribution is 2.26. The Kier molecular flexibility index (Phi) is 6.49.